The summed E-state index contributed by atoms with van der Waals surface area (Å²) in [6, 6.07) is 26.2. The maximum Gasteiger partial charge on any atom is 0.118 e. The number of rotatable bonds is 5. The third-order valence-corrected chi connectivity index (χ3v) is 4.52. The van der Waals surface area contributed by atoms with Gasteiger partial charge in [0.1, 0.15) is 11.5 Å². The predicted octanol–water partition coefficient (Wildman–Crippen LogP) is 5.55. The van der Waals surface area contributed by atoms with Crippen LogP contribution in [0.5, 0.6) is 11.5 Å². The molecular formula is C22H20O2S. The van der Waals surface area contributed by atoms with E-state index < -0.39 is 0 Å². The van der Waals surface area contributed by atoms with E-state index in [1.165, 1.54) is 0 Å². The van der Waals surface area contributed by atoms with Gasteiger partial charge in [-0.05, 0) is 41.0 Å². The van der Waals surface area contributed by atoms with Gasteiger partial charge in [-0.3, -0.25) is 0 Å². The molecule has 2 nitrogen and oxygen atoms in total. The van der Waals surface area contributed by atoms with E-state index in [-0.39, 0.29) is 0 Å². The molecule has 3 heteroatoms. The molecule has 3 aromatic carbocycles. The molecule has 3 rings (SSSR count). The van der Waals surface area contributed by atoms with Crippen LogP contribution in [0.3, 0.4) is 0 Å². The molecule has 126 valence electrons. The van der Waals surface area contributed by atoms with Crippen LogP contribution in [0.15, 0.2) is 78.9 Å². The highest BCUT2D eigenvalue weighted by molar-refractivity contribution is 7.90. The molecule has 0 N–H and O–H groups in total. The lowest BCUT2D eigenvalue weighted by molar-refractivity contribution is 0.414. The van der Waals surface area contributed by atoms with E-state index in [0.29, 0.717) is 0 Å². The summed E-state index contributed by atoms with van der Waals surface area (Å²) in [5, 5.41) is 0. The highest BCUT2D eigenvalue weighted by Crippen LogP contribution is 2.35. The second kappa shape index (κ2) is 7.95. The zero-order valence-corrected chi connectivity index (χ0v) is 15.2. The van der Waals surface area contributed by atoms with Gasteiger partial charge in [0.25, 0.3) is 0 Å². The van der Waals surface area contributed by atoms with Gasteiger partial charge in [-0.2, -0.15) is 0 Å². The molecule has 0 atom stereocenters. The van der Waals surface area contributed by atoms with E-state index in [2.05, 4.69) is 36.4 Å². The summed E-state index contributed by atoms with van der Waals surface area (Å²) in [7, 11) is 3.34. The average Bonchev–Trinajstić information content (AvgIpc) is 2.70. The van der Waals surface area contributed by atoms with Gasteiger partial charge in [0, 0.05) is 10.5 Å². The van der Waals surface area contributed by atoms with Crippen molar-refractivity contribution in [1.29, 1.82) is 0 Å². The normalized spacial score (nSPS) is 10.2. The third kappa shape index (κ3) is 3.89. The second-order valence-corrected chi connectivity index (χ2v) is 5.99. The van der Waals surface area contributed by atoms with Crippen molar-refractivity contribution < 1.29 is 9.47 Å². The Kier molecular flexibility index (Phi) is 5.46. The molecule has 0 amide bonds. The monoisotopic (exact) mass is 348 g/mol. The van der Waals surface area contributed by atoms with Crippen molar-refractivity contribution in [1.82, 2.24) is 0 Å². The number of hydrogen-bond donors (Lipinski definition) is 1. The van der Waals surface area contributed by atoms with Gasteiger partial charge in [-0.15, -0.1) is 12.6 Å². The molecule has 0 spiro atoms. The van der Waals surface area contributed by atoms with Crippen LogP contribution in [-0.2, 0) is 0 Å². The first-order chi connectivity index (χ1) is 12.2. The highest BCUT2D eigenvalue weighted by Gasteiger charge is 2.12. The fourth-order valence-electron chi connectivity index (χ4n) is 2.70. The Balaban J connectivity index is 2.16. The molecule has 0 radical (unpaired) electrons. The molecular weight excluding hydrogens is 328 g/mol. The Hall–Kier alpha value is -2.65. The minimum absolute atomic E-state index is 0.832. The summed E-state index contributed by atoms with van der Waals surface area (Å²) < 4.78 is 10.6. The average molecular weight is 348 g/mol. The molecule has 0 fully saturated rings. The third-order valence-electron chi connectivity index (χ3n) is 4.04. The van der Waals surface area contributed by atoms with Crippen LogP contribution >= 0.6 is 12.6 Å². The smallest absolute Gasteiger partial charge is 0.118 e. The van der Waals surface area contributed by atoms with Gasteiger partial charge >= 0.3 is 0 Å². The van der Waals surface area contributed by atoms with E-state index in [9.17, 15) is 0 Å². The van der Waals surface area contributed by atoms with Crippen LogP contribution in [0.1, 0.15) is 16.7 Å². The van der Waals surface area contributed by atoms with E-state index in [4.69, 9.17) is 22.1 Å². The van der Waals surface area contributed by atoms with Crippen molar-refractivity contribution in [2.24, 2.45) is 0 Å². The largest absolute Gasteiger partial charge is 0.497 e. The zero-order valence-electron chi connectivity index (χ0n) is 14.3. The van der Waals surface area contributed by atoms with Gasteiger partial charge < -0.3 is 9.47 Å². The Morgan fingerprint density at radius 3 is 1.44 bits per heavy atom. The first-order valence-corrected chi connectivity index (χ1v) is 8.45. The Morgan fingerprint density at radius 2 is 1.04 bits per heavy atom. The van der Waals surface area contributed by atoms with Crippen LogP contribution in [0.2, 0.25) is 0 Å². The van der Waals surface area contributed by atoms with Crippen LogP contribution < -0.4 is 9.47 Å². The van der Waals surface area contributed by atoms with Crippen LogP contribution in [-0.4, -0.2) is 14.2 Å². The Bertz CT molecular complexity index is 801. The molecule has 0 aliphatic heterocycles. The summed E-state index contributed by atoms with van der Waals surface area (Å²) in [6.45, 7) is 0. The number of ether oxygens (including phenoxy) is 2. The van der Waals surface area contributed by atoms with Crippen molar-refractivity contribution in [3.05, 3.63) is 95.6 Å². The maximum absolute atomic E-state index is 5.28. The van der Waals surface area contributed by atoms with E-state index >= 15 is 0 Å². The molecule has 0 heterocycles. The minimum Gasteiger partial charge on any atom is -0.497 e. The molecule has 25 heavy (non-hydrogen) atoms. The summed E-state index contributed by atoms with van der Waals surface area (Å²) >= 11 is 4.85. The molecule has 0 aliphatic rings. The van der Waals surface area contributed by atoms with Crippen LogP contribution in [0.25, 0.3) is 10.5 Å². The highest BCUT2D eigenvalue weighted by atomic mass is 32.1. The molecule has 0 saturated heterocycles. The minimum atomic E-state index is 0.832. The number of methoxy groups -OCH3 is 2. The molecule has 0 unspecified atom stereocenters. The fraction of sp³-hybridized carbons (Fsp3) is 0.0909. The molecule has 0 aromatic heterocycles. The Morgan fingerprint density at radius 1 is 0.600 bits per heavy atom. The zero-order chi connectivity index (χ0) is 17.6. The SMILES string of the molecule is COc1ccc(C(=C(S)c2ccccc2)c2ccc(OC)cc2)cc1. The van der Waals surface area contributed by atoms with Gasteiger partial charge in [0.05, 0.1) is 14.2 Å². The predicted molar refractivity (Wildman–Crippen MR) is 107 cm³/mol. The van der Waals surface area contributed by atoms with Gasteiger partial charge in [-0.1, -0.05) is 54.6 Å². The number of thiol groups is 1. The van der Waals surface area contributed by atoms with E-state index in [1.54, 1.807) is 14.2 Å². The first-order valence-electron chi connectivity index (χ1n) is 8.00. The summed E-state index contributed by atoms with van der Waals surface area (Å²) in [5.74, 6) is 1.66. The lowest BCUT2D eigenvalue weighted by Gasteiger charge is -2.14. The Labute approximate surface area is 154 Å². The van der Waals surface area contributed by atoms with Crippen LogP contribution in [0.4, 0.5) is 0 Å². The molecule has 0 bridgehead atoms. The van der Waals surface area contributed by atoms with E-state index in [0.717, 1.165) is 38.7 Å². The lowest BCUT2D eigenvalue weighted by atomic mass is 9.95. The van der Waals surface area contributed by atoms with Gasteiger partial charge in [0.2, 0.25) is 0 Å². The molecule has 0 saturated carbocycles. The molecule has 3 aromatic rings. The first kappa shape index (κ1) is 17.2. The summed E-state index contributed by atoms with van der Waals surface area (Å²) in [5.41, 5.74) is 4.31. The van der Waals surface area contributed by atoms with Crippen molar-refractivity contribution in [2.75, 3.05) is 14.2 Å². The fourth-order valence-corrected chi connectivity index (χ4v) is 3.10. The van der Waals surface area contributed by atoms with Crippen molar-refractivity contribution in [3.8, 4) is 11.5 Å². The van der Waals surface area contributed by atoms with Crippen molar-refractivity contribution in [2.45, 2.75) is 0 Å². The summed E-state index contributed by atoms with van der Waals surface area (Å²) in [4.78, 5) is 0.927. The van der Waals surface area contributed by atoms with Crippen molar-refractivity contribution in [3.63, 3.8) is 0 Å². The van der Waals surface area contributed by atoms with Gasteiger partial charge in [0.15, 0.2) is 0 Å². The maximum atomic E-state index is 5.28. The topological polar surface area (TPSA) is 18.5 Å². The molecule has 0 aliphatic carbocycles. The van der Waals surface area contributed by atoms with Crippen molar-refractivity contribution >= 4 is 23.1 Å². The number of benzene rings is 3. The lowest BCUT2D eigenvalue weighted by Crippen LogP contribution is -1.93. The standard InChI is InChI=1S/C22H20O2S/c1-23-19-12-8-16(9-13-19)21(17-10-14-20(24-2)15-11-17)22(25)18-6-4-3-5-7-18/h3-15,25H,1-2H3. The van der Waals surface area contributed by atoms with E-state index in [1.807, 2.05) is 42.5 Å². The number of hydrogen-bond acceptors (Lipinski definition) is 3. The second-order valence-electron chi connectivity index (χ2n) is 5.55. The summed E-state index contributed by atoms with van der Waals surface area (Å²) in [6.07, 6.45) is 0. The van der Waals surface area contributed by atoms with Crippen LogP contribution in [0, 0.1) is 0 Å². The quantitative estimate of drug-likeness (QED) is 0.481. The van der Waals surface area contributed by atoms with Gasteiger partial charge in [-0.25, -0.2) is 0 Å².